The minimum Gasteiger partial charge on any atom is -0.495 e. The first-order valence-electron chi connectivity index (χ1n) is 12.3. The Hall–Kier alpha value is -1.72. The summed E-state index contributed by atoms with van der Waals surface area (Å²) < 4.78 is 25.9. The van der Waals surface area contributed by atoms with Crippen molar-refractivity contribution in [2.24, 2.45) is 5.92 Å². The summed E-state index contributed by atoms with van der Waals surface area (Å²) >= 11 is 0. The third-order valence-electron chi connectivity index (χ3n) is 8.35. The van der Waals surface area contributed by atoms with Gasteiger partial charge in [-0.2, -0.15) is 0 Å². The Balaban J connectivity index is 1.56. The molecule has 3 aliphatic carbocycles. The molecule has 0 N–H and O–H groups in total. The molecule has 0 aromatic heterocycles. The van der Waals surface area contributed by atoms with E-state index in [1.807, 2.05) is 6.92 Å². The molecule has 1 spiro atoms. The molecular weight excluding hydrogens is 390 g/mol. The Morgan fingerprint density at radius 3 is 2.68 bits per heavy atom. The maximum absolute atomic E-state index is 6.89. The highest BCUT2D eigenvalue weighted by atomic mass is 16.6. The molecule has 4 atom stereocenters. The van der Waals surface area contributed by atoms with Crippen molar-refractivity contribution >= 4 is 0 Å². The van der Waals surface area contributed by atoms with Crippen LogP contribution in [-0.4, -0.2) is 55.6 Å². The minimum absolute atomic E-state index is 0.131. The van der Waals surface area contributed by atoms with Crippen molar-refractivity contribution in [3.05, 3.63) is 35.1 Å². The van der Waals surface area contributed by atoms with Crippen LogP contribution in [0.4, 0.5) is 0 Å². The van der Waals surface area contributed by atoms with Crippen LogP contribution >= 0.6 is 0 Å². The number of rotatable bonds is 8. The second kappa shape index (κ2) is 7.14. The first kappa shape index (κ1) is 19.9. The van der Waals surface area contributed by atoms with Gasteiger partial charge in [0.15, 0.2) is 17.6 Å². The first-order chi connectivity index (χ1) is 15.2. The van der Waals surface area contributed by atoms with E-state index >= 15 is 0 Å². The Labute approximate surface area is 185 Å². The van der Waals surface area contributed by atoms with E-state index in [2.05, 4.69) is 37.0 Å². The van der Waals surface area contributed by atoms with E-state index in [4.69, 9.17) is 18.9 Å². The van der Waals surface area contributed by atoms with Crippen molar-refractivity contribution in [1.29, 1.82) is 0 Å². The van der Waals surface area contributed by atoms with Gasteiger partial charge in [-0.15, -0.1) is 0 Å². The Morgan fingerprint density at radius 2 is 1.94 bits per heavy atom. The lowest BCUT2D eigenvalue weighted by atomic mass is 9.50. The third kappa shape index (κ3) is 2.56. The molecule has 2 bridgehead atoms. The van der Waals surface area contributed by atoms with Gasteiger partial charge in [0.25, 0.3) is 0 Å². The molecule has 1 aromatic carbocycles. The molecule has 31 heavy (non-hydrogen) atoms. The molecule has 2 fully saturated rings. The van der Waals surface area contributed by atoms with E-state index in [-0.39, 0.29) is 17.1 Å². The highest BCUT2D eigenvalue weighted by molar-refractivity contribution is 5.64. The van der Waals surface area contributed by atoms with Crippen LogP contribution in [0.25, 0.3) is 0 Å². The van der Waals surface area contributed by atoms with Gasteiger partial charge in [0.2, 0.25) is 0 Å². The highest BCUT2D eigenvalue weighted by Crippen LogP contribution is 2.66. The van der Waals surface area contributed by atoms with Crippen molar-refractivity contribution in [1.82, 2.24) is 4.90 Å². The van der Waals surface area contributed by atoms with Gasteiger partial charge in [0, 0.05) is 31.2 Å². The highest BCUT2D eigenvalue weighted by Gasteiger charge is 2.73. The Morgan fingerprint density at radius 1 is 1.10 bits per heavy atom. The van der Waals surface area contributed by atoms with Crippen molar-refractivity contribution < 1.29 is 18.9 Å². The number of ether oxygens (including phenoxy) is 4. The monoisotopic (exact) mass is 425 g/mol. The van der Waals surface area contributed by atoms with E-state index < -0.39 is 0 Å². The van der Waals surface area contributed by atoms with Gasteiger partial charge in [-0.05, 0) is 76.6 Å². The number of likely N-dealkylation sites (tertiary alicyclic amines) is 1. The Kier molecular flexibility index (Phi) is 4.59. The van der Waals surface area contributed by atoms with Crippen LogP contribution in [0, 0.1) is 5.92 Å². The molecule has 2 aliphatic heterocycles. The summed E-state index contributed by atoms with van der Waals surface area (Å²) in [5, 5.41) is 0. The number of hydrogen-bond acceptors (Lipinski definition) is 5. The van der Waals surface area contributed by atoms with Crippen LogP contribution in [-0.2, 0) is 21.3 Å². The lowest BCUT2D eigenvalue weighted by Gasteiger charge is -2.64. The molecule has 5 aliphatic rings. The summed E-state index contributed by atoms with van der Waals surface area (Å²) in [6.07, 6.45) is 7.86. The van der Waals surface area contributed by atoms with E-state index in [9.17, 15) is 0 Å². The summed E-state index contributed by atoms with van der Waals surface area (Å²) in [5.41, 5.74) is 2.29. The number of hydrogen-bond donors (Lipinski definition) is 0. The fourth-order valence-electron chi connectivity index (χ4n) is 7.14. The summed E-state index contributed by atoms with van der Waals surface area (Å²) in [6, 6.07) is 4.79. The first-order valence-corrected chi connectivity index (χ1v) is 12.3. The molecule has 5 nitrogen and oxygen atoms in total. The van der Waals surface area contributed by atoms with Crippen LogP contribution in [0.15, 0.2) is 24.0 Å². The largest absolute Gasteiger partial charge is 0.495 e. The van der Waals surface area contributed by atoms with Crippen molar-refractivity contribution in [2.45, 2.75) is 76.0 Å². The van der Waals surface area contributed by atoms with Gasteiger partial charge in [-0.1, -0.05) is 6.07 Å². The van der Waals surface area contributed by atoms with Gasteiger partial charge < -0.3 is 18.9 Å². The molecule has 1 saturated carbocycles. The molecule has 5 heteroatoms. The van der Waals surface area contributed by atoms with Gasteiger partial charge in [0.05, 0.1) is 18.6 Å². The van der Waals surface area contributed by atoms with Crippen molar-refractivity contribution in [3.8, 4) is 11.5 Å². The van der Waals surface area contributed by atoms with Gasteiger partial charge >= 0.3 is 0 Å². The lowest BCUT2D eigenvalue weighted by Crippen LogP contribution is -2.76. The summed E-state index contributed by atoms with van der Waals surface area (Å²) in [6.45, 7) is 10.6. The molecule has 2 heterocycles. The summed E-state index contributed by atoms with van der Waals surface area (Å²) in [7, 11) is 0. The third-order valence-corrected chi connectivity index (χ3v) is 8.35. The molecule has 0 unspecified atom stereocenters. The van der Waals surface area contributed by atoms with Crippen LogP contribution in [0.2, 0.25) is 0 Å². The zero-order valence-electron chi connectivity index (χ0n) is 19.1. The maximum Gasteiger partial charge on any atom is 0.168 e. The molecular formula is C26H35NO4. The fourth-order valence-corrected chi connectivity index (χ4v) is 7.14. The smallest absolute Gasteiger partial charge is 0.168 e. The van der Waals surface area contributed by atoms with Crippen LogP contribution in [0.5, 0.6) is 11.5 Å². The molecule has 0 radical (unpaired) electrons. The standard InChI is InChI=1S/C26H35NO4/c1-4-28-19-10-9-18-15-21-26(30-6-3)12-11-20(29-5-2)24-25(26,22(18)23(19)31-24)13-14-27(21)16-17-7-8-17/h9-11,17,21,24H,4-8,12-16H2,1-3H3/t21-,24+,25+,26-/m1/s1. The normalized spacial score (nSPS) is 35.3. The van der Waals surface area contributed by atoms with E-state index in [0.717, 1.165) is 55.6 Å². The average molecular weight is 426 g/mol. The van der Waals surface area contributed by atoms with E-state index in [1.54, 1.807) is 0 Å². The molecule has 1 aromatic rings. The fraction of sp³-hybridized carbons (Fsp3) is 0.692. The summed E-state index contributed by atoms with van der Waals surface area (Å²) in [4.78, 5) is 2.76. The Bertz CT molecular complexity index is 909. The second-order valence-electron chi connectivity index (χ2n) is 9.80. The zero-order valence-corrected chi connectivity index (χ0v) is 19.1. The quantitative estimate of drug-likeness (QED) is 0.624. The van der Waals surface area contributed by atoms with Gasteiger partial charge in [-0.3, -0.25) is 4.90 Å². The lowest BCUT2D eigenvalue weighted by molar-refractivity contribution is -0.199. The average Bonchev–Trinajstić information content (AvgIpc) is 3.51. The minimum atomic E-state index is -0.275. The maximum atomic E-state index is 6.89. The zero-order chi connectivity index (χ0) is 21.2. The molecule has 168 valence electrons. The molecule has 6 rings (SSSR count). The van der Waals surface area contributed by atoms with E-state index in [1.165, 1.54) is 30.5 Å². The van der Waals surface area contributed by atoms with E-state index in [0.29, 0.717) is 19.3 Å². The molecule has 0 amide bonds. The van der Waals surface area contributed by atoms with Gasteiger partial charge in [-0.25, -0.2) is 0 Å². The number of nitrogens with zero attached hydrogens (tertiary/aromatic N) is 1. The SMILES string of the molecule is CCOC1=CC[C@@]2(OCC)[C@H]3Cc4ccc(OCC)c5c4[C@@]2(CCN3CC2CC2)[C@H]1O5. The van der Waals surface area contributed by atoms with Gasteiger partial charge in [0.1, 0.15) is 11.4 Å². The predicted molar refractivity (Wildman–Crippen MR) is 119 cm³/mol. The van der Waals surface area contributed by atoms with Crippen molar-refractivity contribution in [3.63, 3.8) is 0 Å². The number of piperidine rings is 1. The van der Waals surface area contributed by atoms with Crippen molar-refractivity contribution in [2.75, 3.05) is 32.9 Å². The van der Waals surface area contributed by atoms with Crippen LogP contribution < -0.4 is 9.47 Å². The van der Waals surface area contributed by atoms with Crippen LogP contribution in [0.3, 0.4) is 0 Å². The summed E-state index contributed by atoms with van der Waals surface area (Å²) in [5.74, 6) is 3.66. The number of benzene rings is 1. The second-order valence-corrected chi connectivity index (χ2v) is 9.80. The predicted octanol–water partition coefficient (Wildman–Crippen LogP) is 4.22. The van der Waals surface area contributed by atoms with Crippen LogP contribution in [0.1, 0.15) is 57.6 Å². The molecule has 1 saturated heterocycles. The topological polar surface area (TPSA) is 40.2 Å².